The van der Waals surface area contributed by atoms with Gasteiger partial charge in [0.1, 0.15) is 0 Å². The number of nitro benzene ring substituents is 1. The number of non-ortho nitro benzene ring substituents is 1. The van der Waals surface area contributed by atoms with Crippen molar-refractivity contribution in [3.05, 3.63) is 31.7 Å². The molecule has 0 aromatic heterocycles. The van der Waals surface area contributed by atoms with Gasteiger partial charge in [0.05, 0.1) is 27.8 Å². The summed E-state index contributed by atoms with van der Waals surface area (Å²) in [5.74, 6) is 0. The molecule has 0 radical (unpaired) electrons. The SMILES string of the molecule is C[C@@H]1CN(c2c(Cl)cc([N+](=O)[O-])cc2Br)C[C@@H](C)O1. The Hall–Kier alpha value is -0.850. The van der Waals surface area contributed by atoms with Gasteiger partial charge < -0.3 is 9.64 Å². The van der Waals surface area contributed by atoms with E-state index in [9.17, 15) is 10.1 Å². The fraction of sp³-hybridized carbons (Fsp3) is 0.500. The Morgan fingerprint density at radius 1 is 1.42 bits per heavy atom. The lowest BCUT2D eigenvalue weighted by atomic mass is 10.2. The van der Waals surface area contributed by atoms with Gasteiger partial charge in [0.2, 0.25) is 0 Å². The number of nitro groups is 1. The van der Waals surface area contributed by atoms with E-state index >= 15 is 0 Å². The minimum Gasteiger partial charge on any atom is -0.372 e. The van der Waals surface area contributed by atoms with Crippen molar-refractivity contribution in [2.75, 3.05) is 18.0 Å². The summed E-state index contributed by atoms with van der Waals surface area (Å²) >= 11 is 9.56. The lowest BCUT2D eigenvalue weighted by Crippen LogP contribution is -2.45. The van der Waals surface area contributed by atoms with E-state index < -0.39 is 4.92 Å². The summed E-state index contributed by atoms with van der Waals surface area (Å²) in [5.41, 5.74) is 0.768. The lowest BCUT2D eigenvalue weighted by molar-refractivity contribution is -0.384. The third-order valence-corrected chi connectivity index (χ3v) is 3.84. The maximum atomic E-state index is 10.8. The first kappa shape index (κ1) is 14.6. The van der Waals surface area contributed by atoms with Crippen molar-refractivity contribution in [1.29, 1.82) is 0 Å². The smallest absolute Gasteiger partial charge is 0.272 e. The van der Waals surface area contributed by atoms with E-state index in [1.165, 1.54) is 12.1 Å². The monoisotopic (exact) mass is 348 g/mol. The number of benzene rings is 1. The molecule has 0 N–H and O–H groups in total. The second-order valence-corrected chi connectivity index (χ2v) is 5.94. The highest BCUT2D eigenvalue weighted by atomic mass is 79.9. The van der Waals surface area contributed by atoms with Gasteiger partial charge in [0, 0.05) is 29.7 Å². The Bertz CT molecular complexity index is 479. The molecule has 1 heterocycles. The number of rotatable bonds is 2. The van der Waals surface area contributed by atoms with Crippen molar-refractivity contribution >= 4 is 38.9 Å². The van der Waals surface area contributed by atoms with Gasteiger partial charge in [-0.15, -0.1) is 0 Å². The van der Waals surface area contributed by atoms with Crippen molar-refractivity contribution in [3.63, 3.8) is 0 Å². The average molecular weight is 350 g/mol. The van der Waals surface area contributed by atoms with Crippen LogP contribution in [0.15, 0.2) is 16.6 Å². The molecule has 1 aromatic rings. The highest BCUT2D eigenvalue weighted by Gasteiger charge is 2.26. The Balaban J connectivity index is 2.37. The Kier molecular flexibility index (Phi) is 4.32. The quantitative estimate of drug-likeness (QED) is 0.604. The van der Waals surface area contributed by atoms with Crippen LogP contribution < -0.4 is 4.90 Å². The van der Waals surface area contributed by atoms with Crippen LogP contribution in [-0.2, 0) is 4.74 Å². The summed E-state index contributed by atoms with van der Waals surface area (Å²) in [5, 5.41) is 11.2. The Morgan fingerprint density at radius 2 is 2.00 bits per heavy atom. The highest BCUT2D eigenvalue weighted by Crippen LogP contribution is 2.38. The van der Waals surface area contributed by atoms with Crippen LogP contribution in [0, 0.1) is 10.1 Å². The minimum absolute atomic E-state index is 0.0185. The highest BCUT2D eigenvalue weighted by molar-refractivity contribution is 9.10. The van der Waals surface area contributed by atoms with Crippen molar-refractivity contribution in [1.82, 2.24) is 0 Å². The molecular weight excluding hydrogens is 336 g/mol. The molecule has 0 saturated carbocycles. The topological polar surface area (TPSA) is 55.6 Å². The number of morpholine rings is 1. The molecule has 7 heteroatoms. The van der Waals surface area contributed by atoms with Crippen LogP contribution in [0.5, 0.6) is 0 Å². The molecule has 0 bridgehead atoms. The first-order valence-electron chi connectivity index (χ1n) is 5.92. The summed E-state index contributed by atoms with van der Waals surface area (Å²) in [6.45, 7) is 5.41. The molecule has 1 fully saturated rings. The molecule has 0 aliphatic carbocycles. The number of hydrogen-bond acceptors (Lipinski definition) is 4. The molecule has 0 unspecified atom stereocenters. The summed E-state index contributed by atoms with van der Waals surface area (Å²) < 4.78 is 6.30. The van der Waals surface area contributed by atoms with Crippen LogP contribution in [0.3, 0.4) is 0 Å². The summed E-state index contributed by atoms with van der Waals surface area (Å²) in [7, 11) is 0. The molecule has 0 amide bonds. The maximum Gasteiger partial charge on any atom is 0.272 e. The summed E-state index contributed by atoms with van der Waals surface area (Å²) in [4.78, 5) is 12.4. The summed E-state index contributed by atoms with van der Waals surface area (Å²) in [6, 6.07) is 2.86. The minimum atomic E-state index is -0.453. The van der Waals surface area contributed by atoms with Gasteiger partial charge in [-0.25, -0.2) is 0 Å². The fourth-order valence-corrected chi connectivity index (χ4v) is 3.47. The molecule has 1 aliphatic heterocycles. The van der Waals surface area contributed by atoms with E-state index in [0.717, 1.165) is 5.69 Å². The first-order valence-corrected chi connectivity index (χ1v) is 7.09. The largest absolute Gasteiger partial charge is 0.372 e. The lowest BCUT2D eigenvalue weighted by Gasteiger charge is -2.37. The maximum absolute atomic E-state index is 10.8. The Morgan fingerprint density at radius 3 is 2.47 bits per heavy atom. The van der Waals surface area contributed by atoms with Gasteiger partial charge in [-0.2, -0.15) is 0 Å². The second-order valence-electron chi connectivity index (χ2n) is 4.68. The number of anilines is 1. The third kappa shape index (κ3) is 3.19. The predicted octanol–water partition coefficient (Wildman–Crippen LogP) is 3.62. The van der Waals surface area contributed by atoms with Gasteiger partial charge in [0.15, 0.2) is 0 Å². The number of nitrogens with zero attached hydrogens (tertiary/aromatic N) is 2. The van der Waals surface area contributed by atoms with Crippen molar-refractivity contribution in [3.8, 4) is 0 Å². The van der Waals surface area contributed by atoms with Crippen LogP contribution in [0.4, 0.5) is 11.4 Å². The standard InChI is InChI=1S/C12H14BrClN2O3/c1-7-5-15(6-8(2)19-7)12-10(13)3-9(16(17)18)4-11(12)14/h3-4,7-8H,5-6H2,1-2H3/t7-,8-/m1/s1. The van der Waals surface area contributed by atoms with E-state index in [-0.39, 0.29) is 17.9 Å². The number of ether oxygens (including phenoxy) is 1. The zero-order chi connectivity index (χ0) is 14.2. The average Bonchev–Trinajstić information content (AvgIpc) is 2.26. The van der Waals surface area contributed by atoms with Crippen LogP contribution in [-0.4, -0.2) is 30.2 Å². The molecule has 19 heavy (non-hydrogen) atoms. The normalized spacial score (nSPS) is 23.5. The van der Waals surface area contributed by atoms with Gasteiger partial charge >= 0.3 is 0 Å². The first-order chi connectivity index (χ1) is 8.88. The van der Waals surface area contributed by atoms with E-state index in [1.54, 1.807) is 0 Å². The van der Waals surface area contributed by atoms with Crippen molar-refractivity contribution in [2.45, 2.75) is 26.1 Å². The van der Waals surface area contributed by atoms with Crippen LogP contribution in [0.2, 0.25) is 5.02 Å². The van der Waals surface area contributed by atoms with Gasteiger partial charge in [-0.05, 0) is 29.8 Å². The molecule has 104 valence electrons. The predicted molar refractivity (Wildman–Crippen MR) is 78.0 cm³/mol. The van der Waals surface area contributed by atoms with Gasteiger partial charge in [-0.1, -0.05) is 11.6 Å². The van der Waals surface area contributed by atoms with Crippen LogP contribution in [0.1, 0.15) is 13.8 Å². The molecule has 1 aromatic carbocycles. The summed E-state index contributed by atoms with van der Waals surface area (Å²) in [6.07, 6.45) is 0.198. The number of halogens is 2. The van der Waals surface area contributed by atoms with Crippen LogP contribution in [0.25, 0.3) is 0 Å². The van der Waals surface area contributed by atoms with Crippen LogP contribution >= 0.6 is 27.5 Å². The molecule has 2 atom stereocenters. The molecular formula is C12H14BrClN2O3. The molecule has 0 spiro atoms. The molecule has 1 aliphatic rings. The molecule has 1 saturated heterocycles. The molecule has 2 rings (SSSR count). The van der Waals surface area contributed by atoms with Gasteiger partial charge in [-0.3, -0.25) is 10.1 Å². The zero-order valence-electron chi connectivity index (χ0n) is 10.6. The van der Waals surface area contributed by atoms with E-state index in [4.69, 9.17) is 16.3 Å². The van der Waals surface area contributed by atoms with E-state index in [0.29, 0.717) is 22.6 Å². The van der Waals surface area contributed by atoms with E-state index in [2.05, 4.69) is 20.8 Å². The van der Waals surface area contributed by atoms with Crippen molar-refractivity contribution < 1.29 is 9.66 Å². The molecule has 5 nitrogen and oxygen atoms in total. The van der Waals surface area contributed by atoms with Gasteiger partial charge in [0.25, 0.3) is 5.69 Å². The zero-order valence-corrected chi connectivity index (χ0v) is 12.9. The number of hydrogen-bond donors (Lipinski definition) is 0. The second kappa shape index (κ2) is 5.64. The third-order valence-electron chi connectivity index (χ3n) is 2.95. The van der Waals surface area contributed by atoms with E-state index in [1.807, 2.05) is 13.8 Å². The van der Waals surface area contributed by atoms with Crippen molar-refractivity contribution in [2.24, 2.45) is 0 Å². The fourth-order valence-electron chi connectivity index (χ4n) is 2.32. The Labute approximate surface area is 124 Å².